The van der Waals surface area contributed by atoms with Crippen LogP contribution in [0.5, 0.6) is 0 Å². The van der Waals surface area contributed by atoms with Crippen LogP contribution in [-0.4, -0.2) is 45.7 Å². The van der Waals surface area contributed by atoms with Crippen molar-refractivity contribution < 1.29 is 9.18 Å². The molecule has 0 aromatic carbocycles. The predicted molar refractivity (Wildman–Crippen MR) is 97.7 cm³/mol. The van der Waals surface area contributed by atoms with Gasteiger partial charge in [-0.25, -0.2) is 4.98 Å². The van der Waals surface area contributed by atoms with Crippen molar-refractivity contribution in [3.05, 3.63) is 36.0 Å². The lowest BCUT2D eigenvalue weighted by Gasteiger charge is -2.35. The minimum absolute atomic E-state index is 0.144. The molecule has 0 spiro atoms. The third-order valence-corrected chi connectivity index (χ3v) is 5.01. The highest BCUT2D eigenvalue weighted by atomic mass is 19.1. The van der Waals surface area contributed by atoms with E-state index in [1.165, 1.54) is 12.3 Å². The van der Waals surface area contributed by atoms with E-state index in [-0.39, 0.29) is 23.3 Å². The van der Waals surface area contributed by atoms with Crippen LogP contribution >= 0.6 is 0 Å². The highest BCUT2D eigenvalue weighted by Gasteiger charge is 2.34. The van der Waals surface area contributed by atoms with Crippen molar-refractivity contribution >= 4 is 17.4 Å². The maximum Gasteiger partial charge on any atom is 0.254 e. The van der Waals surface area contributed by atoms with Gasteiger partial charge in [-0.2, -0.15) is 14.8 Å². The van der Waals surface area contributed by atoms with Crippen LogP contribution in [-0.2, 0) is 0 Å². The molecule has 27 heavy (non-hydrogen) atoms. The summed E-state index contributed by atoms with van der Waals surface area (Å²) in [4.78, 5) is 17.5. The van der Waals surface area contributed by atoms with Crippen LogP contribution in [0.2, 0.25) is 0 Å². The number of halogens is 1. The van der Waals surface area contributed by atoms with Crippen LogP contribution < -0.4 is 11.1 Å². The molecule has 0 saturated heterocycles. The van der Waals surface area contributed by atoms with Gasteiger partial charge in [0.2, 0.25) is 5.95 Å². The Morgan fingerprint density at radius 3 is 2.89 bits per heavy atom. The van der Waals surface area contributed by atoms with E-state index in [0.717, 1.165) is 19.3 Å². The molecule has 0 bridgehead atoms. The normalized spacial score (nSPS) is 22.4. The van der Waals surface area contributed by atoms with E-state index >= 15 is 0 Å². The van der Waals surface area contributed by atoms with E-state index in [1.807, 2.05) is 14.1 Å². The lowest BCUT2D eigenvalue weighted by Crippen LogP contribution is -2.37. The maximum atomic E-state index is 13.3. The summed E-state index contributed by atoms with van der Waals surface area (Å²) in [6, 6.07) is 5.33. The Kier molecular flexibility index (Phi) is 5.37. The fourth-order valence-electron chi connectivity index (χ4n) is 3.51. The molecular weight excluding hydrogens is 349 g/mol. The molecule has 0 radical (unpaired) electrons. The van der Waals surface area contributed by atoms with Gasteiger partial charge in [-0.1, -0.05) is 0 Å². The SMILES string of the molecule is CN(C)[C@@H]1CC[C@H](n2cc(C(N)=O)c(Nc3ccnc(F)c3)n2)[C@@H](C#N)C1. The third kappa shape index (κ3) is 4.06. The number of anilines is 2. The van der Waals surface area contributed by atoms with Gasteiger partial charge in [0, 0.05) is 30.2 Å². The highest BCUT2D eigenvalue weighted by Crippen LogP contribution is 2.36. The van der Waals surface area contributed by atoms with Crippen LogP contribution in [0.3, 0.4) is 0 Å². The molecule has 0 unspecified atom stereocenters. The number of nitrogens with one attached hydrogen (secondary N) is 1. The van der Waals surface area contributed by atoms with Crippen LogP contribution in [0.4, 0.5) is 15.9 Å². The highest BCUT2D eigenvalue weighted by molar-refractivity contribution is 5.98. The van der Waals surface area contributed by atoms with Crippen molar-refractivity contribution in [3.63, 3.8) is 0 Å². The van der Waals surface area contributed by atoms with E-state index in [2.05, 4.69) is 26.4 Å². The Labute approximate surface area is 156 Å². The van der Waals surface area contributed by atoms with Gasteiger partial charge in [0.1, 0.15) is 5.56 Å². The van der Waals surface area contributed by atoms with Gasteiger partial charge >= 0.3 is 0 Å². The summed E-state index contributed by atoms with van der Waals surface area (Å²) in [7, 11) is 4.02. The van der Waals surface area contributed by atoms with Gasteiger partial charge < -0.3 is 16.0 Å². The molecule has 2 aromatic rings. The zero-order valence-electron chi connectivity index (χ0n) is 15.3. The fourth-order valence-corrected chi connectivity index (χ4v) is 3.51. The molecule has 0 aliphatic heterocycles. The molecule has 2 aromatic heterocycles. The summed E-state index contributed by atoms with van der Waals surface area (Å²) in [5.41, 5.74) is 6.08. The minimum Gasteiger partial charge on any atom is -0.365 e. The second-order valence-electron chi connectivity index (χ2n) is 6.96. The maximum absolute atomic E-state index is 13.3. The number of nitriles is 1. The van der Waals surface area contributed by atoms with Gasteiger partial charge in [0.15, 0.2) is 5.82 Å². The molecule has 3 rings (SSSR count). The van der Waals surface area contributed by atoms with Crippen molar-refractivity contribution in [2.24, 2.45) is 11.7 Å². The molecule has 1 fully saturated rings. The average Bonchev–Trinajstić information content (AvgIpc) is 3.05. The van der Waals surface area contributed by atoms with E-state index in [9.17, 15) is 14.4 Å². The second-order valence-corrected chi connectivity index (χ2v) is 6.96. The van der Waals surface area contributed by atoms with Crippen molar-refractivity contribution in [3.8, 4) is 6.07 Å². The first-order chi connectivity index (χ1) is 12.9. The molecular formula is C18H22FN7O. The van der Waals surface area contributed by atoms with Gasteiger partial charge in [-0.15, -0.1) is 0 Å². The number of hydrogen-bond donors (Lipinski definition) is 2. The second kappa shape index (κ2) is 7.72. The number of nitrogens with two attached hydrogens (primary N) is 1. The van der Waals surface area contributed by atoms with Gasteiger partial charge in [0.05, 0.1) is 18.0 Å². The predicted octanol–water partition coefficient (Wildman–Crippen LogP) is 2.05. The summed E-state index contributed by atoms with van der Waals surface area (Å²) in [5, 5.41) is 17.0. The largest absolute Gasteiger partial charge is 0.365 e. The van der Waals surface area contributed by atoms with Crippen molar-refractivity contribution in [1.82, 2.24) is 19.7 Å². The Morgan fingerprint density at radius 1 is 1.48 bits per heavy atom. The number of hydrogen-bond acceptors (Lipinski definition) is 6. The van der Waals surface area contributed by atoms with Crippen molar-refractivity contribution in [1.29, 1.82) is 5.26 Å². The number of pyridine rings is 1. The van der Waals surface area contributed by atoms with E-state index in [4.69, 9.17) is 5.73 Å². The lowest BCUT2D eigenvalue weighted by molar-refractivity contribution is 0.100. The monoisotopic (exact) mass is 371 g/mol. The van der Waals surface area contributed by atoms with Crippen LogP contribution in [0.1, 0.15) is 35.7 Å². The number of carbonyl (C=O) groups excluding carboxylic acids is 1. The lowest BCUT2D eigenvalue weighted by atomic mass is 9.82. The topological polar surface area (TPSA) is 113 Å². The minimum atomic E-state index is -0.647. The van der Waals surface area contributed by atoms with Crippen LogP contribution in [0, 0.1) is 23.2 Å². The Balaban J connectivity index is 1.88. The van der Waals surface area contributed by atoms with Gasteiger partial charge in [-0.05, 0) is 39.4 Å². The van der Waals surface area contributed by atoms with Gasteiger partial charge in [0.25, 0.3) is 5.91 Å². The summed E-state index contributed by atoms with van der Waals surface area (Å²) in [5.74, 6) is -1.28. The van der Waals surface area contributed by atoms with Gasteiger partial charge in [-0.3, -0.25) is 9.48 Å². The van der Waals surface area contributed by atoms with Crippen molar-refractivity contribution in [2.75, 3.05) is 19.4 Å². The Bertz CT molecular complexity index is 873. The summed E-state index contributed by atoms with van der Waals surface area (Å²) < 4.78 is 15.0. The number of rotatable bonds is 5. The molecule has 8 nitrogen and oxygen atoms in total. The number of primary amides is 1. The molecule has 2 heterocycles. The Hall–Kier alpha value is -2.99. The molecule has 3 atom stereocenters. The molecule has 142 valence electrons. The summed E-state index contributed by atoms with van der Waals surface area (Å²) in [6.07, 6.45) is 5.31. The van der Waals surface area contributed by atoms with E-state index in [1.54, 1.807) is 16.9 Å². The quantitative estimate of drug-likeness (QED) is 0.778. The molecule has 1 saturated carbocycles. The zero-order chi connectivity index (χ0) is 19.6. The summed E-state index contributed by atoms with van der Waals surface area (Å²) >= 11 is 0. The van der Waals surface area contributed by atoms with E-state index < -0.39 is 11.9 Å². The molecule has 1 aliphatic carbocycles. The first kappa shape index (κ1) is 18.8. The average molecular weight is 371 g/mol. The number of aromatic nitrogens is 3. The first-order valence-corrected chi connectivity index (χ1v) is 8.72. The van der Waals surface area contributed by atoms with Crippen molar-refractivity contribution in [2.45, 2.75) is 31.3 Å². The van der Waals surface area contributed by atoms with Crippen LogP contribution in [0.15, 0.2) is 24.5 Å². The smallest absolute Gasteiger partial charge is 0.254 e. The third-order valence-electron chi connectivity index (χ3n) is 5.01. The number of amides is 1. The first-order valence-electron chi connectivity index (χ1n) is 8.72. The zero-order valence-corrected chi connectivity index (χ0v) is 15.3. The molecule has 3 N–H and O–H groups in total. The number of carbonyl (C=O) groups is 1. The van der Waals surface area contributed by atoms with Crippen LogP contribution in [0.25, 0.3) is 0 Å². The summed E-state index contributed by atoms with van der Waals surface area (Å²) in [6.45, 7) is 0. The Morgan fingerprint density at radius 2 is 2.26 bits per heavy atom. The fraction of sp³-hybridized carbons (Fsp3) is 0.444. The standard InChI is InChI=1S/C18H22FN7O/c1-25(2)13-3-4-15(11(7-13)9-20)26-10-14(17(21)27)18(24-26)23-12-5-6-22-16(19)8-12/h5-6,8,10-11,13,15H,3-4,7H2,1-2H3,(H2,21,27)(H,22,23,24)/t11-,13-,15+/m1/s1. The van der Waals surface area contributed by atoms with E-state index in [0.29, 0.717) is 11.7 Å². The molecule has 1 amide bonds. The molecule has 1 aliphatic rings. The molecule has 9 heteroatoms. The number of nitrogens with zero attached hydrogens (tertiary/aromatic N) is 5.